The van der Waals surface area contributed by atoms with E-state index >= 15 is 0 Å². The van der Waals surface area contributed by atoms with Crippen molar-refractivity contribution in [3.8, 4) is 0 Å². The highest BCUT2D eigenvalue weighted by Crippen LogP contribution is 2.40. The van der Waals surface area contributed by atoms with Gasteiger partial charge in [-0.05, 0) is 32.7 Å². The van der Waals surface area contributed by atoms with Gasteiger partial charge in [0.2, 0.25) is 0 Å². The number of hydrogen-bond acceptors (Lipinski definition) is 2. The van der Waals surface area contributed by atoms with Crippen LogP contribution in [0.25, 0.3) is 0 Å². The molecule has 2 heteroatoms. The minimum absolute atomic E-state index is 0.317. The summed E-state index contributed by atoms with van der Waals surface area (Å²) in [5, 5.41) is 13.8. The van der Waals surface area contributed by atoms with Crippen molar-refractivity contribution in [1.29, 1.82) is 0 Å². The Kier molecular flexibility index (Phi) is 2.13. The normalized spacial score (nSPS) is 48.5. The fraction of sp³-hybridized carbons (Fsp3) is 1.00. The number of hydrogen-bond donors (Lipinski definition) is 2. The van der Waals surface area contributed by atoms with Gasteiger partial charge in [-0.1, -0.05) is 12.8 Å². The molecule has 1 aliphatic heterocycles. The fourth-order valence-corrected chi connectivity index (χ4v) is 2.93. The molecule has 2 fully saturated rings. The van der Waals surface area contributed by atoms with Crippen molar-refractivity contribution >= 4 is 0 Å². The molecule has 0 aromatic rings. The molecule has 1 saturated carbocycles. The Morgan fingerprint density at radius 3 is 2.92 bits per heavy atom. The third-order valence-corrected chi connectivity index (χ3v) is 3.69. The van der Waals surface area contributed by atoms with Crippen LogP contribution in [-0.4, -0.2) is 23.3 Å². The van der Waals surface area contributed by atoms with Crippen molar-refractivity contribution in [1.82, 2.24) is 5.32 Å². The van der Waals surface area contributed by atoms with Gasteiger partial charge in [0.05, 0.1) is 5.60 Å². The van der Waals surface area contributed by atoms with Crippen LogP contribution >= 0.6 is 0 Å². The van der Waals surface area contributed by atoms with E-state index in [0.29, 0.717) is 12.0 Å². The van der Waals surface area contributed by atoms with Crippen LogP contribution in [0.2, 0.25) is 0 Å². The lowest BCUT2D eigenvalue weighted by Gasteiger charge is -2.47. The van der Waals surface area contributed by atoms with E-state index in [4.69, 9.17) is 0 Å². The number of fused-ring (bicyclic) bond motifs is 1. The zero-order chi connectivity index (χ0) is 8.60. The van der Waals surface area contributed by atoms with E-state index in [1.807, 2.05) is 0 Å². The van der Waals surface area contributed by atoms with Gasteiger partial charge in [-0.15, -0.1) is 0 Å². The predicted octanol–water partition coefficient (Wildman–Crippen LogP) is 1.29. The highest BCUT2D eigenvalue weighted by Gasteiger charge is 2.43. The molecule has 0 spiro atoms. The van der Waals surface area contributed by atoms with E-state index < -0.39 is 0 Å². The average Bonchev–Trinajstić information content (AvgIpc) is 2.04. The Morgan fingerprint density at radius 2 is 2.17 bits per heavy atom. The minimum atomic E-state index is -0.317. The Morgan fingerprint density at radius 1 is 1.33 bits per heavy atom. The molecule has 2 rings (SSSR count). The number of piperidine rings is 1. The van der Waals surface area contributed by atoms with Crippen molar-refractivity contribution in [3.05, 3.63) is 0 Å². The molecule has 1 saturated heterocycles. The van der Waals surface area contributed by atoms with Gasteiger partial charge in [0.15, 0.2) is 0 Å². The second-order valence-corrected chi connectivity index (χ2v) is 4.45. The van der Waals surface area contributed by atoms with Gasteiger partial charge in [-0.2, -0.15) is 0 Å². The predicted molar refractivity (Wildman–Crippen MR) is 49.0 cm³/mol. The van der Waals surface area contributed by atoms with Gasteiger partial charge < -0.3 is 10.4 Å². The largest absolute Gasteiger partial charge is 0.389 e. The minimum Gasteiger partial charge on any atom is -0.389 e. The topological polar surface area (TPSA) is 32.3 Å². The van der Waals surface area contributed by atoms with Gasteiger partial charge in [0.1, 0.15) is 0 Å². The molecular formula is C10H19NO. The molecule has 0 unspecified atom stereocenters. The smallest absolute Gasteiger partial charge is 0.0702 e. The molecule has 0 aromatic carbocycles. The maximum Gasteiger partial charge on any atom is 0.0702 e. The summed E-state index contributed by atoms with van der Waals surface area (Å²) in [6.07, 6.45) is 5.73. The summed E-state index contributed by atoms with van der Waals surface area (Å²) in [5.74, 6) is 0.514. The molecular weight excluding hydrogens is 150 g/mol. The molecule has 0 amide bonds. The molecule has 1 heterocycles. The van der Waals surface area contributed by atoms with E-state index in [2.05, 4.69) is 12.2 Å². The molecule has 2 N–H and O–H groups in total. The summed E-state index contributed by atoms with van der Waals surface area (Å²) in [4.78, 5) is 0. The first-order valence-electron chi connectivity index (χ1n) is 5.18. The number of nitrogens with one attached hydrogen (secondary N) is 1. The van der Waals surface area contributed by atoms with Gasteiger partial charge in [-0.25, -0.2) is 0 Å². The molecule has 1 aliphatic carbocycles. The van der Waals surface area contributed by atoms with Crippen molar-refractivity contribution in [2.75, 3.05) is 6.54 Å². The lowest BCUT2D eigenvalue weighted by Crippen LogP contribution is -2.56. The number of rotatable bonds is 0. The standard InChI is InChI=1S/C10H19NO/c1-8-9-4-2-3-5-10(9,12)6-7-11-8/h8-9,11-12H,2-7H2,1H3/t8-,9+,10-/m1/s1. The van der Waals surface area contributed by atoms with Gasteiger partial charge in [0.25, 0.3) is 0 Å². The second-order valence-electron chi connectivity index (χ2n) is 4.45. The first-order chi connectivity index (χ1) is 5.72. The SMILES string of the molecule is C[C@H]1NCC[C@]2(O)CCCC[C@@H]12. The van der Waals surface area contributed by atoms with E-state index in [1.54, 1.807) is 0 Å². The van der Waals surface area contributed by atoms with Crippen molar-refractivity contribution in [2.45, 2.75) is 50.7 Å². The molecule has 0 radical (unpaired) electrons. The zero-order valence-corrected chi connectivity index (χ0v) is 7.84. The van der Waals surface area contributed by atoms with Crippen LogP contribution < -0.4 is 5.32 Å². The zero-order valence-electron chi connectivity index (χ0n) is 7.84. The van der Waals surface area contributed by atoms with Gasteiger partial charge in [0, 0.05) is 12.0 Å². The molecule has 2 aliphatic rings. The van der Waals surface area contributed by atoms with E-state index in [-0.39, 0.29) is 5.60 Å². The first-order valence-corrected chi connectivity index (χ1v) is 5.18. The van der Waals surface area contributed by atoms with E-state index in [1.165, 1.54) is 19.3 Å². The highest BCUT2D eigenvalue weighted by atomic mass is 16.3. The molecule has 12 heavy (non-hydrogen) atoms. The van der Waals surface area contributed by atoms with Crippen LogP contribution in [0, 0.1) is 5.92 Å². The van der Waals surface area contributed by atoms with Crippen molar-refractivity contribution in [2.24, 2.45) is 5.92 Å². The molecule has 70 valence electrons. The summed E-state index contributed by atoms with van der Waals surface area (Å²) in [7, 11) is 0. The third-order valence-electron chi connectivity index (χ3n) is 3.69. The maximum absolute atomic E-state index is 10.3. The van der Waals surface area contributed by atoms with Crippen molar-refractivity contribution < 1.29 is 5.11 Å². The monoisotopic (exact) mass is 169 g/mol. The van der Waals surface area contributed by atoms with E-state index in [9.17, 15) is 5.11 Å². The van der Waals surface area contributed by atoms with Crippen LogP contribution in [0.5, 0.6) is 0 Å². The van der Waals surface area contributed by atoms with Crippen LogP contribution in [0.4, 0.5) is 0 Å². The Bertz CT molecular complexity index is 167. The Hall–Kier alpha value is -0.0800. The van der Waals surface area contributed by atoms with Gasteiger partial charge >= 0.3 is 0 Å². The van der Waals surface area contributed by atoms with Crippen LogP contribution in [0.15, 0.2) is 0 Å². The molecule has 0 bridgehead atoms. The summed E-state index contributed by atoms with van der Waals surface area (Å²) >= 11 is 0. The molecule has 0 aromatic heterocycles. The van der Waals surface area contributed by atoms with Crippen LogP contribution in [0.3, 0.4) is 0 Å². The molecule has 3 atom stereocenters. The Balaban J connectivity index is 2.12. The van der Waals surface area contributed by atoms with Crippen molar-refractivity contribution in [3.63, 3.8) is 0 Å². The third kappa shape index (κ3) is 1.27. The maximum atomic E-state index is 10.3. The fourth-order valence-electron chi connectivity index (χ4n) is 2.93. The highest BCUT2D eigenvalue weighted by molar-refractivity contribution is 4.98. The lowest BCUT2D eigenvalue weighted by molar-refractivity contribution is -0.0823. The first kappa shape index (κ1) is 8.52. The Labute approximate surface area is 74.4 Å². The lowest BCUT2D eigenvalue weighted by atomic mass is 9.68. The summed E-state index contributed by atoms with van der Waals surface area (Å²) in [5.41, 5.74) is -0.317. The van der Waals surface area contributed by atoms with Gasteiger partial charge in [-0.3, -0.25) is 0 Å². The van der Waals surface area contributed by atoms with Crippen LogP contribution in [0.1, 0.15) is 39.0 Å². The summed E-state index contributed by atoms with van der Waals surface area (Å²) in [6.45, 7) is 3.20. The average molecular weight is 169 g/mol. The number of aliphatic hydroxyl groups is 1. The summed E-state index contributed by atoms with van der Waals surface area (Å²) in [6, 6.07) is 0.518. The second kappa shape index (κ2) is 3.00. The summed E-state index contributed by atoms with van der Waals surface area (Å²) < 4.78 is 0. The quantitative estimate of drug-likeness (QED) is 0.572. The van der Waals surface area contributed by atoms with Crippen LogP contribution in [-0.2, 0) is 0 Å². The molecule has 2 nitrogen and oxygen atoms in total. The van der Waals surface area contributed by atoms with E-state index in [0.717, 1.165) is 19.4 Å².